The van der Waals surface area contributed by atoms with Crippen LogP contribution in [0.5, 0.6) is 0 Å². The van der Waals surface area contributed by atoms with Crippen molar-refractivity contribution in [2.75, 3.05) is 0 Å². The molecule has 1 aromatic carbocycles. The Labute approximate surface area is 107 Å². The molecule has 0 heterocycles. The van der Waals surface area contributed by atoms with Crippen LogP contribution in [-0.4, -0.2) is 5.71 Å². The Balaban J connectivity index is 2.80. The van der Waals surface area contributed by atoms with Gasteiger partial charge in [-0.05, 0) is 44.0 Å². The topological polar surface area (TPSA) is 62.4 Å². The fraction of sp³-hybridized carbons (Fsp3) is 0.250. The van der Waals surface area contributed by atoms with E-state index in [1.807, 2.05) is 45.0 Å². The smallest absolute Gasteiger partial charge is 0.132 e. The van der Waals surface area contributed by atoms with Crippen molar-refractivity contribution in [1.82, 2.24) is 10.9 Å². The summed E-state index contributed by atoms with van der Waals surface area (Å²) in [6.45, 7) is 5.79. The Kier molecular flexibility index (Phi) is 5.00. The minimum atomic E-state index is 0.693. The third kappa shape index (κ3) is 4.09. The van der Waals surface area contributed by atoms with Crippen LogP contribution in [0.2, 0.25) is 5.02 Å². The summed E-state index contributed by atoms with van der Waals surface area (Å²) in [7, 11) is 0. The summed E-state index contributed by atoms with van der Waals surface area (Å²) in [4.78, 5) is 0. The number of hydrogen-bond donors (Lipinski definition) is 3. The maximum absolute atomic E-state index is 5.82. The average molecular weight is 253 g/mol. The van der Waals surface area contributed by atoms with Gasteiger partial charge in [-0.25, -0.2) is 5.84 Å². The van der Waals surface area contributed by atoms with E-state index >= 15 is 0 Å². The molecule has 0 aromatic heterocycles. The summed E-state index contributed by atoms with van der Waals surface area (Å²) in [6.07, 6.45) is 0. The number of nitrogens with two attached hydrogens (primary N) is 1. The van der Waals surface area contributed by atoms with Crippen LogP contribution in [0.1, 0.15) is 26.3 Å². The number of hydrazone groups is 1. The Morgan fingerprint density at radius 2 is 1.76 bits per heavy atom. The molecule has 0 spiro atoms. The lowest BCUT2D eigenvalue weighted by Crippen LogP contribution is -2.30. The molecule has 5 heteroatoms. The molecule has 0 aliphatic heterocycles. The SMILES string of the molecule is CC(C)=C(NN)N/N=C(\C)c1ccc(Cl)cc1. The fourth-order valence-corrected chi connectivity index (χ4v) is 1.31. The van der Waals surface area contributed by atoms with Crippen LogP contribution in [0.15, 0.2) is 40.8 Å². The minimum Gasteiger partial charge on any atom is -0.309 e. The number of rotatable bonds is 4. The van der Waals surface area contributed by atoms with Gasteiger partial charge in [0.15, 0.2) is 0 Å². The fourth-order valence-electron chi connectivity index (χ4n) is 1.18. The quantitative estimate of drug-likeness (QED) is 0.438. The number of hydrazine groups is 1. The first kappa shape index (κ1) is 13.5. The van der Waals surface area contributed by atoms with E-state index < -0.39 is 0 Å². The van der Waals surface area contributed by atoms with Crippen LogP contribution in [0.3, 0.4) is 0 Å². The Hall–Kier alpha value is -1.52. The van der Waals surface area contributed by atoms with E-state index in [1.54, 1.807) is 0 Å². The van der Waals surface area contributed by atoms with Gasteiger partial charge in [0.25, 0.3) is 0 Å². The third-order valence-corrected chi connectivity index (χ3v) is 2.49. The van der Waals surface area contributed by atoms with Crippen molar-refractivity contribution < 1.29 is 0 Å². The Bertz CT molecular complexity index is 430. The van der Waals surface area contributed by atoms with E-state index in [1.165, 1.54) is 0 Å². The van der Waals surface area contributed by atoms with Gasteiger partial charge < -0.3 is 5.43 Å². The summed E-state index contributed by atoms with van der Waals surface area (Å²) < 4.78 is 0. The second-order valence-electron chi connectivity index (χ2n) is 3.84. The van der Waals surface area contributed by atoms with Crippen molar-refractivity contribution in [3.8, 4) is 0 Å². The van der Waals surface area contributed by atoms with Gasteiger partial charge in [0.2, 0.25) is 0 Å². The van der Waals surface area contributed by atoms with Crippen LogP contribution < -0.4 is 16.7 Å². The molecule has 0 atom stereocenters. The van der Waals surface area contributed by atoms with Crippen molar-refractivity contribution in [3.63, 3.8) is 0 Å². The molecule has 1 rings (SSSR count). The van der Waals surface area contributed by atoms with Gasteiger partial charge in [-0.3, -0.25) is 5.43 Å². The monoisotopic (exact) mass is 252 g/mol. The zero-order chi connectivity index (χ0) is 12.8. The zero-order valence-corrected chi connectivity index (χ0v) is 11.0. The Morgan fingerprint density at radius 1 is 1.18 bits per heavy atom. The molecule has 0 fully saturated rings. The van der Waals surface area contributed by atoms with Gasteiger partial charge in [-0.15, -0.1) is 0 Å². The van der Waals surface area contributed by atoms with Gasteiger partial charge in [-0.1, -0.05) is 23.7 Å². The van der Waals surface area contributed by atoms with E-state index in [0.29, 0.717) is 10.8 Å². The summed E-state index contributed by atoms with van der Waals surface area (Å²) in [5.74, 6) is 6.05. The number of nitrogens with zero attached hydrogens (tertiary/aromatic N) is 1. The molecular formula is C12H17ClN4. The molecule has 0 aliphatic carbocycles. The Morgan fingerprint density at radius 3 is 2.24 bits per heavy atom. The second-order valence-corrected chi connectivity index (χ2v) is 4.27. The number of hydrogen-bond acceptors (Lipinski definition) is 4. The molecule has 4 N–H and O–H groups in total. The molecule has 0 unspecified atom stereocenters. The van der Waals surface area contributed by atoms with Crippen LogP contribution in [-0.2, 0) is 0 Å². The van der Waals surface area contributed by atoms with Gasteiger partial charge in [0.1, 0.15) is 5.82 Å². The molecule has 0 bridgehead atoms. The number of benzene rings is 1. The standard InChI is InChI=1S/C12H17ClN4/c1-8(2)12(15-14)17-16-9(3)10-4-6-11(13)7-5-10/h4-7,15,17H,14H2,1-3H3/b16-9+. The highest BCUT2D eigenvalue weighted by Crippen LogP contribution is 2.10. The molecule has 92 valence electrons. The van der Waals surface area contributed by atoms with Crippen molar-refractivity contribution in [2.45, 2.75) is 20.8 Å². The van der Waals surface area contributed by atoms with Crippen molar-refractivity contribution in [2.24, 2.45) is 10.9 Å². The summed E-state index contributed by atoms with van der Waals surface area (Å²) >= 11 is 5.82. The lowest BCUT2D eigenvalue weighted by Gasteiger charge is -2.09. The van der Waals surface area contributed by atoms with E-state index in [2.05, 4.69) is 16.0 Å². The van der Waals surface area contributed by atoms with E-state index in [-0.39, 0.29) is 0 Å². The van der Waals surface area contributed by atoms with Gasteiger partial charge in [0, 0.05) is 5.02 Å². The van der Waals surface area contributed by atoms with E-state index in [0.717, 1.165) is 16.8 Å². The predicted octanol–water partition coefficient (Wildman–Crippen LogP) is 2.37. The molecule has 4 nitrogen and oxygen atoms in total. The summed E-state index contributed by atoms with van der Waals surface area (Å²) in [5.41, 5.74) is 8.33. The van der Waals surface area contributed by atoms with Crippen molar-refractivity contribution in [1.29, 1.82) is 0 Å². The highest BCUT2D eigenvalue weighted by atomic mass is 35.5. The summed E-state index contributed by atoms with van der Waals surface area (Å²) in [5, 5.41) is 4.95. The highest BCUT2D eigenvalue weighted by molar-refractivity contribution is 6.30. The van der Waals surface area contributed by atoms with Crippen LogP contribution >= 0.6 is 11.6 Å². The first-order chi connectivity index (χ1) is 8.04. The summed E-state index contributed by atoms with van der Waals surface area (Å²) in [6, 6.07) is 7.50. The van der Waals surface area contributed by atoms with Gasteiger partial charge >= 0.3 is 0 Å². The third-order valence-electron chi connectivity index (χ3n) is 2.24. The van der Waals surface area contributed by atoms with Crippen molar-refractivity contribution >= 4 is 17.3 Å². The molecule has 17 heavy (non-hydrogen) atoms. The molecule has 0 saturated carbocycles. The predicted molar refractivity (Wildman–Crippen MR) is 72.5 cm³/mol. The highest BCUT2D eigenvalue weighted by Gasteiger charge is 1.98. The first-order valence-electron chi connectivity index (χ1n) is 5.25. The molecule has 0 amide bonds. The molecule has 0 radical (unpaired) electrons. The maximum atomic E-state index is 5.82. The van der Waals surface area contributed by atoms with Crippen molar-refractivity contribution in [3.05, 3.63) is 46.2 Å². The number of halogens is 1. The van der Waals surface area contributed by atoms with Crippen LogP contribution in [0.25, 0.3) is 0 Å². The molecule has 0 saturated heterocycles. The van der Waals surface area contributed by atoms with Crippen LogP contribution in [0, 0.1) is 0 Å². The van der Waals surface area contributed by atoms with E-state index in [9.17, 15) is 0 Å². The normalized spacial score (nSPS) is 11.0. The molecule has 1 aromatic rings. The maximum Gasteiger partial charge on any atom is 0.132 e. The second kappa shape index (κ2) is 6.27. The largest absolute Gasteiger partial charge is 0.309 e. The number of allylic oxidation sites excluding steroid dienone is 1. The zero-order valence-electron chi connectivity index (χ0n) is 10.2. The minimum absolute atomic E-state index is 0.693. The van der Waals surface area contributed by atoms with E-state index in [4.69, 9.17) is 17.4 Å². The lowest BCUT2D eigenvalue weighted by atomic mass is 10.1. The lowest BCUT2D eigenvalue weighted by molar-refractivity contribution is 0.724. The van der Waals surface area contributed by atoms with Crippen LogP contribution in [0.4, 0.5) is 0 Å². The number of nitrogens with one attached hydrogen (secondary N) is 2. The molecular weight excluding hydrogens is 236 g/mol. The first-order valence-corrected chi connectivity index (χ1v) is 5.62. The molecule has 0 aliphatic rings. The van der Waals surface area contributed by atoms with Gasteiger partial charge in [-0.2, -0.15) is 5.10 Å². The average Bonchev–Trinajstić information content (AvgIpc) is 2.30. The van der Waals surface area contributed by atoms with Gasteiger partial charge in [0.05, 0.1) is 5.71 Å².